The van der Waals surface area contributed by atoms with Crippen molar-refractivity contribution in [2.45, 2.75) is 32.3 Å². The average Bonchev–Trinajstić information content (AvgIpc) is 2.17. The van der Waals surface area contributed by atoms with E-state index in [2.05, 4.69) is 16.4 Å². The van der Waals surface area contributed by atoms with E-state index in [9.17, 15) is 5.11 Å². The lowest BCUT2D eigenvalue weighted by atomic mass is 10.1. The SMILES string of the molecule is CC(C)(O)CCNCCc1cccnc1. The molecule has 0 unspecified atom stereocenters. The fourth-order valence-corrected chi connectivity index (χ4v) is 1.30. The Labute approximate surface area is 91.5 Å². The predicted molar refractivity (Wildman–Crippen MR) is 61.7 cm³/mol. The van der Waals surface area contributed by atoms with Crippen LogP contribution in [-0.4, -0.2) is 28.8 Å². The molecule has 0 saturated heterocycles. The van der Waals surface area contributed by atoms with Gasteiger partial charge in [-0.05, 0) is 51.4 Å². The Morgan fingerprint density at radius 1 is 1.40 bits per heavy atom. The lowest BCUT2D eigenvalue weighted by Gasteiger charge is -2.16. The van der Waals surface area contributed by atoms with Gasteiger partial charge in [0, 0.05) is 12.4 Å². The largest absolute Gasteiger partial charge is 0.390 e. The first-order valence-electron chi connectivity index (χ1n) is 5.40. The summed E-state index contributed by atoms with van der Waals surface area (Å²) in [6.45, 7) is 5.44. The highest BCUT2D eigenvalue weighted by molar-refractivity contribution is 5.08. The van der Waals surface area contributed by atoms with Gasteiger partial charge in [-0.25, -0.2) is 0 Å². The number of hydrogen-bond acceptors (Lipinski definition) is 3. The molecule has 84 valence electrons. The molecule has 0 aromatic carbocycles. The minimum absolute atomic E-state index is 0.568. The van der Waals surface area contributed by atoms with Crippen molar-refractivity contribution in [3.63, 3.8) is 0 Å². The summed E-state index contributed by atoms with van der Waals surface area (Å²) < 4.78 is 0. The maximum Gasteiger partial charge on any atom is 0.0603 e. The van der Waals surface area contributed by atoms with Gasteiger partial charge in [-0.3, -0.25) is 4.98 Å². The molecule has 1 rings (SSSR count). The van der Waals surface area contributed by atoms with Gasteiger partial charge in [-0.1, -0.05) is 6.07 Å². The summed E-state index contributed by atoms with van der Waals surface area (Å²) in [5, 5.41) is 12.8. The first-order chi connectivity index (χ1) is 7.08. The van der Waals surface area contributed by atoms with Gasteiger partial charge in [0.2, 0.25) is 0 Å². The highest BCUT2D eigenvalue weighted by Crippen LogP contribution is 2.04. The van der Waals surface area contributed by atoms with E-state index in [-0.39, 0.29) is 0 Å². The van der Waals surface area contributed by atoms with Gasteiger partial charge < -0.3 is 10.4 Å². The summed E-state index contributed by atoms with van der Waals surface area (Å²) in [4.78, 5) is 4.06. The molecule has 3 heteroatoms. The molecule has 0 spiro atoms. The molecule has 1 aromatic heterocycles. The molecule has 0 fully saturated rings. The second kappa shape index (κ2) is 5.83. The summed E-state index contributed by atoms with van der Waals surface area (Å²) in [5.74, 6) is 0. The molecule has 15 heavy (non-hydrogen) atoms. The van der Waals surface area contributed by atoms with Gasteiger partial charge in [0.15, 0.2) is 0 Å². The number of aromatic nitrogens is 1. The summed E-state index contributed by atoms with van der Waals surface area (Å²) >= 11 is 0. The van der Waals surface area contributed by atoms with Gasteiger partial charge in [0.1, 0.15) is 0 Å². The van der Waals surface area contributed by atoms with Crippen molar-refractivity contribution in [2.24, 2.45) is 0 Å². The van der Waals surface area contributed by atoms with E-state index in [1.807, 2.05) is 26.1 Å². The molecular weight excluding hydrogens is 188 g/mol. The molecular formula is C12H20N2O. The third-order valence-electron chi connectivity index (χ3n) is 2.23. The zero-order valence-electron chi connectivity index (χ0n) is 9.53. The van der Waals surface area contributed by atoms with E-state index in [1.54, 1.807) is 6.20 Å². The minimum Gasteiger partial charge on any atom is -0.390 e. The van der Waals surface area contributed by atoms with Crippen LogP contribution in [0, 0.1) is 0 Å². The molecule has 2 N–H and O–H groups in total. The van der Waals surface area contributed by atoms with Crippen molar-refractivity contribution < 1.29 is 5.11 Å². The summed E-state index contributed by atoms with van der Waals surface area (Å²) in [6.07, 6.45) is 5.43. The van der Waals surface area contributed by atoms with E-state index in [0.717, 1.165) is 25.9 Å². The van der Waals surface area contributed by atoms with E-state index in [1.165, 1.54) is 5.56 Å². The van der Waals surface area contributed by atoms with Crippen molar-refractivity contribution in [2.75, 3.05) is 13.1 Å². The second-order valence-electron chi connectivity index (χ2n) is 4.42. The van der Waals surface area contributed by atoms with E-state index in [0.29, 0.717) is 0 Å². The number of hydrogen-bond donors (Lipinski definition) is 2. The summed E-state index contributed by atoms with van der Waals surface area (Å²) in [6, 6.07) is 4.02. The third-order valence-corrected chi connectivity index (χ3v) is 2.23. The van der Waals surface area contributed by atoms with Crippen LogP contribution in [0.1, 0.15) is 25.8 Å². The highest BCUT2D eigenvalue weighted by Gasteiger charge is 2.10. The number of nitrogens with zero attached hydrogens (tertiary/aromatic N) is 1. The van der Waals surface area contributed by atoms with E-state index >= 15 is 0 Å². The minimum atomic E-state index is -0.568. The number of pyridine rings is 1. The van der Waals surface area contributed by atoms with Crippen LogP contribution in [0.2, 0.25) is 0 Å². The Bertz CT molecular complexity index is 267. The smallest absolute Gasteiger partial charge is 0.0603 e. The monoisotopic (exact) mass is 208 g/mol. The zero-order chi connectivity index (χ0) is 11.1. The van der Waals surface area contributed by atoms with Crippen LogP contribution < -0.4 is 5.32 Å². The maximum absolute atomic E-state index is 9.48. The Morgan fingerprint density at radius 3 is 2.80 bits per heavy atom. The van der Waals surface area contributed by atoms with Crippen LogP contribution in [0.4, 0.5) is 0 Å². The number of aliphatic hydroxyl groups is 1. The normalized spacial score (nSPS) is 11.7. The fourth-order valence-electron chi connectivity index (χ4n) is 1.30. The number of rotatable bonds is 6. The predicted octanol–water partition coefficient (Wildman–Crippen LogP) is 1.37. The number of nitrogens with one attached hydrogen (secondary N) is 1. The van der Waals surface area contributed by atoms with Crippen LogP contribution in [0.15, 0.2) is 24.5 Å². The van der Waals surface area contributed by atoms with Crippen molar-refractivity contribution in [1.29, 1.82) is 0 Å². The Morgan fingerprint density at radius 2 is 2.20 bits per heavy atom. The fraction of sp³-hybridized carbons (Fsp3) is 0.583. The molecule has 0 atom stereocenters. The van der Waals surface area contributed by atoms with E-state index in [4.69, 9.17) is 0 Å². The molecule has 0 aliphatic carbocycles. The van der Waals surface area contributed by atoms with Crippen molar-refractivity contribution in [3.05, 3.63) is 30.1 Å². The quantitative estimate of drug-likeness (QED) is 0.694. The maximum atomic E-state index is 9.48. The average molecular weight is 208 g/mol. The van der Waals surface area contributed by atoms with Crippen molar-refractivity contribution in [3.8, 4) is 0 Å². The van der Waals surface area contributed by atoms with Crippen molar-refractivity contribution >= 4 is 0 Å². The Kier molecular flexibility index (Phi) is 4.72. The topological polar surface area (TPSA) is 45.1 Å². The molecule has 3 nitrogen and oxygen atoms in total. The molecule has 0 bridgehead atoms. The molecule has 0 radical (unpaired) electrons. The molecule has 0 saturated carbocycles. The van der Waals surface area contributed by atoms with Gasteiger partial charge in [0.25, 0.3) is 0 Å². The molecule has 1 aromatic rings. The van der Waals surface area contributed by atoms with Crippen LogP contribution in [0.25, 0.3) is 0 Å². The van der Waals surface area contributed by atoms with Crippen LogP contribution in [0.3, 0.4) is 0 Å². The Hall–Kier alpha value is -0.930. The van der Waals surface area contributed by atoms with Gasteiger partial charge in [-0.2, -0.15) is 0 Å². The van der Waals surface area contributed by atoms with Crippen LogP contribution in [-0.2, 0) is 6.42 Å². The Balaban J connectivity index is 2.08. The highest BCUT2D eigenvalue weighted by atomic mass is 16.3. The third kappa shape index (κ3) is 6.20. The molecule has 0 aliphatic rings. The summed E-state index contributed by atoms with van der Waals surface area (Å²) in [7, 11) is 0. The lowest BCUT2D eigenvalue weighted by Crippen LogP contribution is -2.27. The van der Waals surface area contributed by atoms with Gasteiger partial charge in [-0.15, -0.1) is 0 Å². The zero-order valence-corrected chi connectivity index (χ0v) is 9.53. The van der Waals surface area contributed by atoms with Crippen LogP contribution >= 0.6 is 0 Å². The molecule has 0 aliphatic heterocycles. The van der Waals surface area contributed by atoms with Crippen molar-refractivity contribution in [1.82, 2.24) is 10.3 Å². The first kappa shape index (κ1) is 12.1. The standard InChI is InChI=1S/C12H20N2O/c1-12(2,15)6-9-13-8-5-11-4-3-7-14-10-11/h3-4,7,10,13,15H,5-6,8-9H2,1-2H3. The second-order valence-corrected chi connectivity index (χ2v) is 4.42. The first-order valence-corrected chi connectivity index (χ1v) is 5.40. The molecule has 0 amide bonds. The van der Waals surface area contributed by atoms with Gasteiger partial charge >= 0.3 is 0 Å². The lowest BCUT2D eigenvalue weighted by molar-refractivity contribution is 0.0713. The van der Waals surface area contributed by atoms with E-state index < -0.39 is 5.60 Å². The molecule has 1 heterocycles. The van der Waals surface area contributed by atoms with Crippen LogP contribution in [0.5, 0.6) is 0 Å². The summed E-state index contributed by atoms with van der Waals surface area (Å²) in [5.41, 5.74) is 0.676. The van der Waals surface area contributed by atoms with Gasteiger partial charge in [0.05, 0.1) is 5.60 Å².